The predicted molar refractivity (Wildman–Crippen MR) is 135 cm³/mol. The predicted octanol–water partition coefficient (Wildman–Crippen LogP) is 4.50. The summed E-state index contributed by atoms with van der Waals surface area (Å²) in [5.74, 6) is 2.22. The van der Waals surface area contributed by atoms with Gasteiger partial charge in [0.05, 0.1) is 7.11 Å². The summed E-state index contributed by atoms with van der Waals surface area (Å²) in [6, 6.07) is 15.8. The summed E-state index contributed by atoms with van der Waals surface area (Å²) < 4.78 is 10.6. The van der Waals surface area contributed by atoms with Crippen molar-refractivity contribution >= 4 is 39.9 Å². The van der Waals surface area contributed by atoms with E-state index in [1.54, 1.807) is 30.3 Å². The van der Waals surface area contributed by atoms with Crippen molar-refractivity contribution in [2.24, 2.45) is 0 Å². The zero-order valence-corrected chi connectivity index (χ0v) is 19.5. The summed E-state index contributed by atoms with van der Waals surface area (Å²) in [5.41, 5.74) is 0.845. The Kier molecular flexibility index (Phi) is 6.05. The molecular weight excluding hydrogens is 446 g/mol. The number of anilines is 4. The summed E-state index contributed by atoms with van der Waals surface area (Å²) in [6.07, 6.45) is 2.35. The number of nitrogens with zero attached hydrogens (tertiary/aromatic N) is 3. The Labute approximate surface area is 201 Å². The summed E-state index contributed by atoms with van der Waals surface area (Å²) in [7, 11) is 1.49. The van der Waals surface area contributed by atoms with E-state index in [4.69, 9.17) is 9.15 Å². The molecule has 35 heavy (non-hydrogen) atoms. The van der Waals surface area contributed by atoms with Gasteiger partial charge in [-0.05, 0) is 56.2 Å². The van der Waals surface area contributed by atoms with Crippen molar-refractivity contribution in [3.63, 3.8) is 0 Å². The zero-order valence-electron chi connectivity index (χ0n) is 19.5. The topological polar surface area (TPSA) is 110 Å². The molecule has 9 nitrogen and oxygen atoms in total. The van der Waals surface area contributed by atoms with E-state index in [-0.39, 0.29) is 5.56 Å². The highest BCUT2D eigenvalue weighted by atomic mass is 16.5. The van der Waals surface area contributed by atoms with E-state index in [1.807, 2.05) is 25.1 Å². The van der Waals surface area contributed by atoms with Crippen molar-refractivity contribution in [1.29, 1.82) is 0 Å². The Hall–Kier alpha value is -4.40. The molecule has 9 heteroatoms. The van der Waals surface area contributed by atoms with E-state index in [9.17, 15) is 9.59 Å². The maximum Gasteiger partial charge on any atom is 0.349 e. The van der Waals surface area contributed by atoms with E-state index in [0.717, 1.165) is 24.6 Å². The van der Waals surface area contributed by atoms with E-state index >= 15 is 0 Å². The van der Waals surface area contributed by atoms with E-state index in [0.29, 0.717) is 34.0 Å². The van der Waals surface area contributed by atoms with Gasteiger partial charge < -0.3 is 24.7 Å². The van der Waals surface area contributed by atoms with Crippen molar-refractivity contribution in [3.05, 3.63) is 76.4 Å². The third kappa shape index (κ3) is 4.79. The van der Waals surface area contributed by atoms with Gasteiger partial charge in [0.1, 0.15) is 23.0 Å². The SMILES string of the molecule is COc1cccc2cc(C(=O)Nc3ccc(Nc4cc(N5CCCC5)nc(C)n4)cc3)c(=O)oc12. The van der Waals surface area contributed by atoms with Crippen molar-refractivity contribution in [1.82, 2.24) is 9.97 Å². The third-order valence-electron chi connectivity index (χ3n) is 5.86. The third-order valence-corrected chi connectivity index (χ3v) is 5.86. The van der Waals surface area contributed by atoms with Gasteiger partial charge >= 0.3 is 5.63 Å². The lowest BCUT2D eigenvalue weighted by molar-refractivity contribution is 0.102. The molecule has 0 unspecified atom stereocenters. The Morgan fingerprint density at radius 1 is 1.03 bits per heavy atom. The van der Waals surface area contributed by atoms with Crippen molar-refractivity contribution in [3.8, 4) is 5.75 Å². The van der Waals surface area contributed by atoms with Crippen LogP contribution < -0.4 is 25.9 Å². The minimum Gasteiger partial charge on any atom is -0.493 e. The summed E-state index contributed by atoms with van der Waals surface area (Å²) in [4.78, 5) is 36.5. The molecule has 0 radical (unpaired) electrons. The summed E-state index contributed by atoms with van der Waals surface area (Å²) in [5, 5.41) is 6.64. The van der Waals surface area contributed by atoms with Crippen LogP contribution in [-0.4, -0.2) is 36.1 Å². The van der Waals surface area contributed by atoms with Crippen LogP contribution in [0.25, 0.3) is 11.0 Å². The Balaban J connectivity index is 1.30. The minimum atomic E-state index is -0.731. The largest absolute Gasteiger partial charge is 0.493 e. The second-order valence-electron chi connectivity index (χ2n) is 8.34. The molecule has 1 fully saturated rings. The molecule has 0 saturated carbocycles. The molecule has 3 heterocycles. The minimum absolute atomic E-state index is 0.0844. The molecule has 178 valence electrons. The van der Waals surface area contributed by atoms with E-state index in [1.165, 1.54) is 26.0 Å². The van der Waals surface area contributed by atoms with Gasteiger partial charge in [0.25, 0.3) is 5.91 Å². The van der Waals surface area contributed by atoms with Crippen LogP contribution in [0.2, 0.25) is 0 Å². The molecule has 5 rings (SSSR count). The number of rotatable bonds is 6. The highest BCUT2D eigenvalue weighted by Crippen LogP contribution is 2.26. The number of para-hydroxylation sites is 1. The molecule has 0 bridgehead atoms. The van der Waals surface area contributed by atoms with Gasteiger partial charge in [-0.1, -0.05) is 12.1 Å². The first-order chi connectivity index (χ1) is 17.0. The first kappa shape index (κ1) is 22.4. The van der Waals surface area contributed by atoms with Gasteiger partial charge in [-0.3, -0.25) is 4.79 Å². The first-order valence-electron chi connectivity index (χ1n) is 11.4. The van der Waals surface area contributed by atoms with Crippen LogP contribution in [0.4, 0.5) is 23.0 Å². The second-order valence-corrected chi connectivity index (χ2v) is 8.34. The molecule has 0 atom stereocenters. The lowest BCUT2D eigenvalue weighted by Crippen LogP contribution is -2.20. The van der Waals surface area contributed by atoms with E-state index in [2.05, 4.69) is 25.5 Å². The molecule has 1 aliphatic rings. The number of hydrogen-bond donors (Lipinski definition) is 2. The molecule has 4 aromatic rings. The highest BCUT2D eigenvalue weighted by molar-refractivity contribution is 6.05. The van der Waals surface area contributed by atoms with Crippen LogP contribution in [0, 0.1) is 6.92 Å². The number of methoxy groups -OCH3 is 1. The number of hydrogen-bond acceptors (Lipinski definition) is 8. The maximum atomic E-state index is 12.8. The number of amides is 1. The lowest BCUT2D eigenvalue weighted by atomic mass is 10.1. The molecule has 2 N–H and O–H groups in total. The average Bonchev–Trinajstić information content (AvgIpc) is 3.39. The molecular formula is C26H25N5O4. The van der Waals surface area contributed by atoms with Crippen LogP contribution in [0.5, 0.6) is 5.75 Å². The zero-order chi connectivity index (χ0) is 24.4. The van der Waals surface area contributed by atoms with Crippen LogP contribution in [-0.2, 0) is 0 Å². The molecule has 0 spiro atoms. The molecule has 1 aliphatic heterocycles. The fraction of sp³-hybridized carbons (Fsp3) is 0.231. The van der Waals surface area contributed by atoms with Gasteiger partial charge in [0.2, 0.25) is 0 Å². The number of fused-ring (bicyclic) bond motifs is 1. The van der Waals surface area contributed by atoms with Crippen LogP contribution in [0.1, 0.15) is 29.0 Å². The summed E-state index contributed by atoms with van der Waals surface area (Å²) in [6.45, 7) is 3.89. The smallest absolute Gasteiger partial charge is 0.349 e. The van der Waals surface area contributed by atoms with Gasteiger partial charge in [-0.25, -0.2) is 14.8 Å². The van der Waals surface area contributed by atoms with Gasteiger partial charge in [0, 0.05) is 35.9 Å². The fourth-order valence-corrected chi connectivity index (χ4v) is 4.14. The number of carbonyl (C=O) groups excluding carboxylic acids is 1. The van der Waals surface area contributed by atoms with Crippen molar-refractivity contribution in [2.45, 2.75) is 19.8 Å². The quantitative estimate of drug-likeness (QED) is 0.396. The molecule has 1 amide bonds. The molecule has 2 aromatic carbocycles. The Bertz CT molecular complexity index is 1440. The number of benzene rings is 2. The Morgan fingerprint density at radius 2 is 1.77 bits per heavy atom. The first-order valence-corrected chi connectivity index (χ1v) is 11.4. The summed E-state index contributed by atoms with van der Waals surface area (Å²) >= 11 is 0. The number of carbonyl (C=O) groups is 1. The van der Waals surface area contributed by atoms with Gasteiger partial charge in [-0.2, -0.15) is 0 Å². The average molecular weight is 472 g/mol. The van der Waals surface area contributed by atoms with Crippen LogP contribution in [0.15, 0.2) is 63.8 Å². The molecule has 2 aromatic heterocycles. The number of aromatic nitrogens is 2. The van der Waals surface area contributed by atoms with Crippen molar-refractivity contribution < 1.29 is 13.9 Å². The fourth-order valence-electron chi connectivity index (χ4n) is 4.14. The second kappa shape index (κ2) is 9.46. The molecule has 1 saturated heterocycles. The number of ether oxygens (including phenoxy) is 1. The molecule has 0 aliphatic carbocycles. The monoisotopic (exact) mass is 471 g/mol. The van der Waals surface area contributed by atoms with Crippen LogP contribution >= 0.6 is 0 Å². The highest BCUT2D eigenvalue weighted by Gasteiger charge is 2.17. The number of aryl methyl sites for hydroxylation is 1. The standard InChI is InChI=1S/C26H25N5O4/c1-16-27-22(15-23(28-16)31-12-3-4-13-31)29-18-8-10-19(11-9-18)30-25(32)20-14-17-6-5-7-21(34-2)24(17)35-26(20)33/h5-11,14-15H,3-4,12-13H2,1-2H3,(H,30,32)(H,27,28,29). The van der Waals surface area contributed by atoms with Gasteiger partial charge in [-0.15, -0.1) is 0 Å². The van der Waals surface area contributed by atoms with Crippen LogP contribution in [0.3, 0.4) is 0 Å². The normalized spacial score (nSPS) is 13.1. The number of nitrogens with one attached hydrogen (secondary N) is 2. The maximum absolute atomic E-state index is 12.8. The van der Waals surface area contributed by atoms with Gasteiger partial charge in [0.15, 0.2) is 11.3 Å². The van der Waals surface area contributed by atoms with E-state index < -0.39 is 11.5 Å². The van der Waals surface area contributed by atoms with Crippen molar-refractivity contribution in [2.75, 3.05) is 35.7 Å². The lowest BCUT2D eigenvalue weighted by Gasteiger charge is -2.18. The Morgan fingerprint density at radius 3 is 2.51 bits per heavy atom.